The number of rotatable bonds is 5. The van der Waals surface area contributed by atoms with Crippen molar-refractivity contribution in [2.45, 2.75) is 52.6 Å². The van der Waals surface area contributed by atoms with Gasteiger partial charge in [-0.2, -0.15) is 0 Å². The molecule has 0 amide bonds. The van der Waals surface area contributed by atoms with Crippen LogP contribution in [0.4, 0.5) is 0 Å². The molecule has 0 heterocycles. The van der Waals surface area contributed by atoms with Crippen LogP contribution in [0, 0.1) is 5.92 Å². The van der Waals surface area contributed by atoms with E-state index in [9.17, 15) is 9.59 Å². The molecule has 4 nitrogen and oxygen atoms in total. The number of ether oxygens (including phenoxy) is 2. The lowest BCUT2D eigenvalue weighted by Crippen LogP contribution is -2.27. The first-order valence-corrected chi connectivity index (χ1v) is 5.56. The second-order valence-electron chi connectivity index (χ2n) is 4.90. The van der Waals surface area contributed by atoms with Crippen molar-refractivity contribution in [2.24, 2.45) is 5.92 Å². The van der Waals surface area contributed by atoms with Gasteiger partial charge in [0.15, 0.2) is 0 Å². The smallest absolute Gasteiger partial charge is 0.309 e. The number of methoxy groups -OCH3 is 1. The Balaban J connectivity index is 3.84. The maximum Gasteiger partial charge on any atom is 0.309 e. The third-order valence-electron chi connectivity index (χ3n) is 2.05. The molecule has 0 aromatic carbocycles. The molecule has 0 aromatic heterocycles. The number of carbonyl (C=O) groups is 2. The van der Waals surface area contributed by atoms with Gasteiger partial charge in [0.25, 0.3) is 0 Å². The van der Waals surface area contributed by atoms with Gasteiger partial charge in [-0.25, -0.2) is 0 Å². The van der Waals surface area contributed by atoms with Crippen LogP contribution in [0.2, 0.25) is 0 Å². The number of carbonyl (C=O) groups excluding carboxylic acids is 2. The monoisotopic (exact) mass is 230 g/mol. The highest BCUT2D eigenvalue weighted by atomic mass is 16.6. The van der Waals surface area contributed by atoms with Crippen molar-refractivity contribution >= 4 is 11.9 Å². The molecule has 0 spiro atoms. The largest absolute Gasteiger partial charge is 0.469 e. The van der Waals surface area contributed by atoms with E-state index in [-0.39, 0.29) is 17.9 Å². The molecule has 0 aromatic rings. The van der Waals surface area contributed by atoms with Crippen molar-refractivity contribution < 1.29 is 19.1 Å². The van der Waals surface area contributed by atoms with E-state index in [4.69, 9.17) is 4.74 Å². The van der Waals surface area contributed by atoms with E-state index in [2.05, 4.69) is 4.74 Å². The number of hydrogen-bond donors (Lipinski definition) is 0. The molecule has 0 radical (unpaired) electrons. The van der Waals surface area contributed by atoms with E-state index in [0.717, 1.165) is 0 Å². The van der Waals surface area contributed by atoms with E-state index >= 15 is 0 Å². The summed E-state index contributed by atoms with van der Waals surface area (Å²) >= 11 is 0. The zero-order valence-corrected chi connectivity index (χ0v) is 10.8. The van der Waals surface area contributed by atoms with Gasteiger partial charge in [0.1, 0.15) is 5.60 Å². The predicted molar refractivity (Wildman–Crippen MR) is 60.9 cm³/mol. The zero-order chi connectivity index (χ0) is 12.8. The van der Waals surface area contributed by atoms with Gasteiger partial charge in [-0.15, -0.1) is 0 Å². The molecule has 0 saturated carbocycles. The van der Waals surface area contributed by atoms with Crippen molar-refractivity contribution in [3.05, 3.63) is 0 Å². The van der Waals surface area contributed by atoms with E-state index in [1.807, 2.05) is 27.7 Å². The number of hydrogen-bond acceptors (Lipinski definition) is 4. The van der Waals surface area contributed by atoms with E-state index in [1.54, 1.807) is 0 Å². The molecular formula is C12H22O4. The molecule has 0 N–H and O–H groups in total. The highest BCUT2D eigenvalue weighted by Gasteiger charge is 2.21. The van der Waals surface area contributed by atoms with Gasteiger partial charge in [-0.3, -0.25) is 9.59 Å². The summed E-state index contributed by atoms with van der Waals surface area (Å²) < 4.78 is 9.75. The second-order valence-corrected chi connectivity index (χ2v) is 4.90. The van der Waals surface area contributed by atoms with Gasteiger partial charge in [0, 0.05) is 6.42 Å². The standard InChI is InChI=1S/C12H22O4/c1-9(7-6-8-10(13)15-5)11(14)16-12(2,3)4/h9H,6-8H2,1-5H3. The van der Waals surface area contributed by atoms with E-state index < -0.39 is 5.60 Å². The van der Waals surface area contributed by atoms with Gasteiger partial charge >= 0.3 is 11.9 Å². The van der Waals surface area contributed by atoms with Crippen LogP contribution in [0.25, 0.3) is 0 Å². The van der Waals surface area contributed by atoms with Crippen molar-refractivity contribution in [3.8, 4) is 0 Å². The first-order valence-electron chi connectivity index (χ1n) is 5.56. The highest BCUT2D eigenvalue weighted by molar-refractivity contribution is 5.72. The molecule has 0 fully saturated rings. The number of esters is 2. The molecular weight excluding hydrogens is 208 g/mol. The van der Waals surface area contributed by atoms with Crippen molar-refractivity contribution in [3.63, 3.8) is 0 Å². The maximum absolute atomic E-state index is 11.6. The Morgan fingerprint density at radius 2 is 1.81 bits per heavy atom. The van der Waals surface area contributed by atoms with Crippen molar-refractivity contribution in [2.75, 3.05) is 7.11 Å². The predicted octanol–water partition coefficient (Wildman–Crippen LogP) is 2.31. The van der Waals surface area contributed by atoms with Crippen molar-refractivity contribution in [1.82, 2.24) is 0 Å². The van der Waals surface area contributed by atoms with Gasteiger partial charge in [0.05, 0.1) is 13.0 Å². The normalized spacial score (nSPS) is 13.1. The topological polar surface area (TPSA) is 52.6 Å². The maximum atomic E-state index is 11.6. The summed E-state index contributed by atoms with van der Waals surface area (Å²) in [4.78, 5) is 22.4. The quantitative estimate of drug-likeness (QED) is 0.680. The Morgan fingerprint density at radius 1 is 1.25 bits per heavy atom. The molecule has 16 heavy (non-hydrogen) atoms. The first kappa shape index (κ1) is 14.9. The molecule has 0 aliphatic rings. The molecule has 4 heteroatoms. The third-order valence-corrected chi connectivity index (χ3v) is 2.05. The minimum absolute atomic E-state index is 0.177. The van der Waals surface area contributed by atoms with Crippen LogP contribution in [0.3, 0.4) is 0 Å². The molecule has 1 unspecified atom stereocenters. The minimum Gasteiger partial charge on any atom is -0.469 e. The van der Waals surface area contributed by atoms with Crippen LogP contribution in [-0.4, -0.2) is 24.6 Å². The van der Waals surface area contributed by atoms with Gasteiger partial charge in [-0.05, 0) is 33.6 Å². The van der Waals surface area contributed by atoms with Crippen LogP contribution in [-0.2, 0) is 19.1 Å². The average Bonchev–Trinajstić information content (AvgIpc) is 2.14. The van der Waals surface area contributed by atoms with Crippen LogP contribution in [0.1, 0.15) is 47.0 Å². The molecule has 0 bridgehead atoms. The van der Waals surface area contributed by atoms with Crippen LogP contribution in [0.15, 0.2) is 0 Å². The average molecular weight is 230 g/mol. The summed E-state index contributed by atoms with van der Waals surface area (Å²) in [7, 11) is 1.36. The second kappa shape index (κ2) is 6.51. The fourth-order valence-corrected chi connectivity index (χ4v) is 1.17. The lowest BCUT2D eigenvalue weighted by atomic mass is 10.0. The van der Waals surface area contributed by atoms with E-state index in [0.29, 0.717) is 19.3 Å². The highest BCUT2D eigenvalue weighted by Crippen LogP contribution is 2.15. The Kier molecular flexibility index (Phi) is 6.08. The summed E-state index contributed by atoms with van der Waals surface area (Å²) in [5.41, 5.74) is -0.451. The lowest BCUT2D eigenvalue weighted by Gasteiger charge is -2.22. The van der Waals surface area contributed by atoms with Gasteiger partial charge in [0.2, 0.25) is 0 Å². The van der Waals surface area contributed by atoms with Crippen LogP contribution in [0.5, 0.6) is 0 Å². The van der Waals surface area contributed by atoms with Gasteiger partial charge in [-0.1, -0.05) is 6.92 Å². The molecule has 0 saturated heterocycles. The molecule has 1 atom stereocenters. The lowest BCUT2D eigenvalue weighted by molar-refractivity contribution is -0.159. The Hall–Kier alpha value is -1.06. The summed E-state index contributed by atoms with van der Waals surface area (Å²) in [5.74, 6) is -0.627. The zero-order valence-electron chi connectivity index (χ0n) is 10.8. The molecule has 94 valence electrons. The van der Waals surface area contributed by atoms with E-state index in [1.165, 1.54) is 7.11 Å². The summed E-state index contributed by atoms with van der Waals surface area (Å²) in [6.45, 7) is 7.33. The summed E-state index contributed by atoms with van der Waals surface area (Å²) in [5, 5.41) is 0. The fraction of sp³-hybridized carbons (Fsp3) is 0.833. The van der Waals surface area contributed by atoms with Crippen molar-refractivity contribution in [1.29, 1.82) is 0 Å². The Labute approximate surface area is 97.3 Å². The van der Waals surface area contributed by atoms with Crippen LogP contribution >= 0.6 is 0 Å². The third kappa shape index (κ3) is 7.26. The fourth-order valence-electron chi connectivity index (χ4n) is 1.17. The molecule has 0 aliphatic carbocycles. The SMILES string of the molecule is COC(=O)CCCC(C)C(=O)OC(C)(C)C. The Bertz CT molecular complexity index is 240. The van der Waals surface area contributed by atoms with Crippen LogP contribution < -0.4 is 0 Å². The first-order chi connectivity index (χ1) is 7.26. The summed E-state index contributed by atoms with van der Waals surface area (Å²) in [6.07, 6.45) is 1.64. The molecule has 0 aliphatic heterocycles. The summed E-state index contributed by atoms with van der Waals surface area (Å²) in [6, 6.07) is 0. The molecule has 0 rings (SSSR count). The Morgan fingerprint density at radius 3 is 2.25 bits per heavy atom. The minimum atomic E-state index is -0.451. The van der Waals surface area contributed by atoms with Gasteiger partial charge < -0.3 is 9.47 Å².